The van der Waals surface area contributed by atoms with Crippen LogP contribution in [-0.4, -0.2) is 46.5 Å². The predicted molar refractivity (Wildman–Crippen MR) is 77.6 cm³/mol. The zero-order valence-corrected chi connectivity index (χ0v) is 12.5. The van der Waals surface area contributed by atoms with E-state index in [1.165, 1.54) is 0 Å². The third kappa shape index (κ3) is 5.61. The Bertz CT molecular complexity index is 386. The van der Waals surface area contributed by atoms with Gasteiger partial charge in [-0.1, -0.05) is 19.8 Å². The number of amides is 3. The first-order valence-electron chi connectivity index (χ1n) is 7.54. The zero-order chi connectivity index (χ0) is 15.8. The van der Waals surface area contributed by atoms with Crippen LogP contribution in [0, 0.1) is 0 Å². The predicted octanol–water partition coefficient (Wildman–Crippen LogP) is 1.07. The van der Waals surface area contributed by atoms with E-state index in [4.69, 9.17) is 10.8 Å². The van der Waals surface area contributed by atoms with Gasteiger partial charge < -0.3 is 21.1 Å². The second-order valence-electron chi connectivity index (χ2n) is 5.45. The molecule has 7 heteroatoms. The van der Waals surface area contributed by atoms with Gasteiger partial charge >= 0.3 is 12.0 Å². The van der Waals surface area contributed by atoms with E-state index in [-0.39, 0.29) is 24.9 Å². The summed E-state index contributed by atoms with van der Waals surface area (Å²) in [4.78, 5) is 36.0. The average molecular weight is 299 g/mol. The van der Waals surface area contributed by atoms with Crippen molar-refractivity contribution in [3.8, 4) is 0 Å². The monoisotopic (exact) mass is 299 g/mol. The molecule has 0 aromatic carbocycles. The topological polar surface area (TPSA) is 113 Å². The number of aliphatic carboxylic acids is 1. The van der Waals surface area contributed by atoms with Crippen LogP contribution < -0.4 is 11.1 Å². The number of nitrogens with two attached hydrogens (primary N) is 1. The van der Waals surface area contributed by atoms with Crippen molar-refractivity contribution in [1.82, 2.24) is 10.2 Å². The number of hydrogen-bond acceptors (Lipinski definition) is 3. The first kappa shape index (κ1) is 17.3. The third-order valence-corrected chi connectivity index (χ3v) is 3.88. The molecule has 1 aliphatic rings. The van der Waals surface area contributed by atoms with Gasteiger partial charge in [-0.15, -0.1) is 0 Å². The molecule has 120 valence electrons. The quantitative estimate of drug-likeness (QED) is 0.680. The Morgan fingerprint density at radius 3 is 2.62 bits per heavy atom. The highest BCUT2D eigenvalue weighted by atomic mass is 16.4. The van der Waals surface area contributed by atoms with Crippen LogP contribution in [0.15, 0.2) is 0 Å². The molecular weight excluding hydrogens is 274 g/mol. The molecule has 0 saturated carbocycles. The Kier molecular flexibility index (Phi) is 6.98. The maximum atomic E-state index is 12.3. The molecule has 0 aromatic rings. The van der Waals surface area contributed by atoms with Crippen molar-refractivity contribution in [2.75, 3.05) is 6.54 Å². The lowest BCUT2D eigenvalue weighted by Gasteiger charge is -2.30. The number of likely N-dealkylation sites (tertiary alicyclic amines) is 1. The summed E-state index contributed by atoms with van der Waals surface area (Å²) in [6.45, 7) is 2.67. The maximum absolute atomic E-state index is 12.3. The van der Waals surface area contributed by atoms with Crippen molar-refractivity contribution in [1.29, 1.82) is 0 Å². The van der Waals surface area contributed by atoms with E-state index in [1.54, 1.807) is 4.90 Å². The summed E-state index contributed by atoms with van der Waals surface area (Å²) in [7, 11) is 0. The molecular formula is C14H25N3O4. The van der Waals surface area contributed by atoms with Gasteiger partial charge in [0, 0.05) is 19.0 Å². The Morgan fingerprint density at radius 2 is 2.05 bits per heavy atom. The highest BCUT2D eigenvalue weighted by Crippen LogP contribution is 2.19. The minimum Gasteiger partial charge on any atom is -0.480 e. The number of hydrogen-bond donors (Lipinski definition) is 3. The lowest BCUT2D eigenvalue weighted by molar-refractivity contribution is -0.139. The van der Waals surface area contributed by atoms with Gasteiger partial charge in [-0.2, -0.15) is 0 Å². The molecule has 7 nitrogen and oxygen atoms in total. The smallest absolute Gasteiger partial charge is 0.326 e. The van der Waals surface area contributed by atoms with E-state index < -0.39 is 17.9 Å². The van der Waals surface area contributed by atoms with Gasteiger partial charge in [0.1, 0.15) is 6.04 Å². The SMILES string of the molecule is CCC1CCCCCN1C(=O)N[C@H](CCC(N)=O)C(=O)O. The highest BCUT2D eigenvalue weighted by Gasteiger charge is 2.28. The molecule has 1 rings (SSSR count). The van der Waals surface area contributed by atoms with E-state index in [0.717, 1.165) is 32.1 Å². The van der Waals surface area contributed by atoms with Gasteiger partial charge in [0.25, 0.3) is 0 Å². The minimum absolute atomic E-state index is 0.0149. The Hall–Kier alpha value is -1.79. The van der Waals surface area contributed by atoms with Crippen LogP contribution in [0.3, 0.4) is 0 Å². The molecule has 3 amide bonds. The second-order valence-corrected chi connectivity index (χ2v) is 5.45. The molecule has 0 radical (unpaired) electrons. The summed E-state index contributed by atoms with van der Waals surface area (Å²) >= 11 is 0. The Morgan fingerprint density at radius 1 is 1.33 bits per heavy atom. The first-order chi connectivity index (χ1) is 9.95. The van der Waals surface area contributed by atoms with Crippen LogP contribution in [0.25, 0.3) is 0 Å². The minimum atomic E-state index is -1.15. The van der Waals surface area contributed by atoms with E-state index >= 15 is 0 Å². The maximum Gasteiger partial charge on any atom is 0.326 e. The summed E-state index contributed by atoms with van der Waals surface area (Å²) in [6.07, 6.45) is 4.87. The lowest BCUT2D eigenvalue weighted by atomic mass is 10.1. The zero-order valence-electron chi connectivity index (χ0n) is 12.5. The summed E-state index contributed by atoms with van der Waals surface area (Å²) < 4.78 is 0. The number of carbonyl (C=O) groups is 3. The van der Waals surface area contributed by atoms with Crippen molar-refractivity contribution in [2.45, 2.75) is 64.0 Å². The first-order valence-corrected chi connectivity index (χ1v) is 7.54. The molecule has 2 atom stereocenters. The Labute approximate surface area is 124 Å². The lowest BCUT2D eigenvalue weighted by Crippen LogP contribution is -2.51. The highest BCUT2D eigenvalue weighted by molar-refractivity contribution is 5.83. The number of primary amides is 1. The largest absolute Gasteiger partial charge is 0.480 e. The molecule has 1 aliphatic heterocycles. The summed E-state index contributed by atoms with van der Waals surface area (Å²) in [5.74, 6) is -1.72. The number of urea groups is 1. The molecule has 0 bridgehead atoms. The van der Waals surface area contributed by atoms with Crippen LogP contribution in [0.4, 0.5) is 4.79 Å². The molecule has 0 aromatic heterocycles. The van der Waals surface area contributed by atoms with Crippen LogP contribution >= 0.6 is 0 Å². The number of carbonyl (C=O) groups excluding carboxylic acids is 2. The van der Waals surface area contributed by atoms with Crippen molar-refractivity contribution in [2.24, 2.45) is 5.73 Å². The van der Waals surface area contributed by atoms with E-state index in [9.17, 15) is 14.4 Å². The molecule has 0 aliphatic carbocycles. The number of nitrogens with one attached hydrogen (secondary N) is 1. The van der Waals surface area contributed by atoms with Crippen LogP contribution in [0.2, 0.25) is 0 Å². The van der Waals surface area contributed by atoms with Crippen molar-refractivity contribution >= 4 is 17.9 Å². The van der Waals surface area contributed by atoms with E-state index in [0.29, 0.717) is 6.54 Å². The van der Waals surface area contributed by atoms with Gasteiger partial charge in [-0.05, 0) is 25.7 Å². The number of rotatable bonds is 6. The van der Waals surface area contributed by atoms with Crippen molar-refractivity contribution < 1.29 is 19.5 Å². The third-order valence-electron chi connectivity index (χ3n) is 3.88. The molecule has 0 spiro atoms. The molecule has 1 unspecified atom stereocenters. The fraction of sp³-hybridized carbons (Fsp3) is 0.786. The fourth-order valence-corrected chi connectivity index (χ4v) is 2.65. The van der Waals surface area contributed by atoms with Gasteiger partial charge in [0.2, 0.25) is 5.91 Å². The van der Waals surface area contributed by atoms with Crippen LogP contribution in [0.5, 0.6) is 0 Å². The van der Waals surface area contributed by atoms with Crippen LogP contribution in [-0.2, 0) is 9.59 Å². The molecule has 4 N–H and O–H groups in total. The Balaban J connectivity index is 2.65. The van der Waals surface area contributed by atoms with E-state index in [2.05, 4.69) is 5.32 Å². The molecule has 1 fully saturated rings. The van der Waals surface area contributed by atoms with Gasteiger partial charge in [0.05, 0.1) is 0 Å². The van der Waals surface area contributed by atoms with Gasteiger partial charge in [0.15, 0.2) is 0 Å². The number of carboxylic acids is 1. The van der Waals surface area contributed by atoms with Gasteiger partial charge in [-0.25, -0.2) is 9.59 Å². The standard InChI is InChI=1S/C14H25N3O4/c1-2-10-6-4-3-5-9-17(10)14(21)16-11(13(19)20)7-8-12(15)18/h10-11H,2-9H2,1H3,(H2,15,18)(H,16,21)(H,19,20)/t10?,11-/m1/s1. The number of carboxylic acid groups (broad SMARTS) is 1. The van der Waals surface area contributed by atoms with Crippen molar-refractivity contribution in [3.63, 3.8) is 0 Å². The van der Waals surface area contributed by atoms with Gasteiger partial charge in [-0.3, -0.25) is 4.79 Å². The molecule has 1 heterocycles. The average Bonchev–Trinajstić information content (AvgIpc) is 2.67. The van der Waals surface area contributed by atoms with Crippen molar-refractivity contribution in [3.05, 3.63) is 0 Å². The summed E-state index contributed by atoms with van der Waals surface area (Å²) in [6, 6.07) is -1.29. The molecule has 1 saturated heterocycles. The molecule has 21 heavy (non-hydrogen) atoms. The summed E-state index contributed by atoms with van der Waals surface area (Å²) in [5, 5.41) is 11.6. The normalized spacial score (nSPS) is 20.4. The van der Waals surface area contributed by atoms with E-state index in [1.807, 2.05) is 6.92 Å². The fourth-order valence-electron chi connectivity index (χ4n) is 2.65. The summed E-state index contributed by atoms with van der Waals surface area (Å²) in [5.41, 5.74) is 5.02. The number of nitrogens with zero attached hydrogens (tertiary/aromatic N) is 1. The van der Waals surface area contributed by atoms with Crippen LogP contribution in [0.1, 0.15) is 51.9 Å². The second kappa shape index (κ2) is 8.49.